The molecule has 1 heterocycles. The summed E-state index contributed by atoms with van der Waals surface area (Å²) in [6, 6.07) is 8.17. The molecule has 4 nitrogen and oxygen atoms in total. The Bertz CT molecular complexity index is 530. The van der Waals surface area contributed by atoms with Crippen molar-refractivity contribution in [1.82, 2.24) is 9.55 Å². The van der Waals surface area contributed by atoms with Gasteiger partial charge in [0.1, 0.15) is 0 Å². The molecule has 102 valence electrons. The van der Waals surface area contributed by atoms with E-state index >= 15 is 0 Å². The van der Waals surface area contributed by atoms with Crippen LogP contribution in [0, 0.1) is 0 Å². The minimum Gasteiger partial charge on any atom is -0.427 e. The maximum absolute atomic E-state index is 8.80. The highest BCUT2D eigenvalue weighted by molar-refractivity contribution is 7.98. The second-order valence-corrected chi connectivity index (χ2v) is 5.34. The Hall–Kier alpha value is -0.975. The Morgan fingerprint density at radius 2 is 2.00 bits per heavy atom. The van der Waals surface area contributed by atoms with Gasteiger partial charge in [-0.1, -0.05) is 36.7 Å². The van der Waals surface area contributed by atoms with Gasteiger partial charge in [-0.2, -0.15) is 0 Å². The molecule has 0 saturated carbocycles. The predicted molar refractivity (Wildman–Crippen MR) is 80.4 cm³/mol. The van der Waals surface area contributed by atoms with E-state index in [-0.39, 0.29) is 0 Å². The average Bonchev–Trinajstić information content (AvgIpc) is 2.76. The lowest BCUT2D eigenvalue weighted by Gasteiger charge is -2.07. The minimum atomic E-state index is -1.17. The summed E-state index contributed by atoms with van der Waals surface area (Å²) in [6.07, 6.45) is 5.37. The molecule has 0 fully saturated rings. The van der Waals surface area contributed by atoms with E-state index in [4.69, 9.17) is 10.0 Å². The van der Waals surface area contributed by atoms with Crippen LogP contribution in [0.25, 0.3) is 11.0 Å². The van der Waals surface area contributed by atoms with Gasteiger partial charge in [0.15, 0.2) is 5.16 Å². The molecule has 0 atom stereocenters. The van der Waals surface area contributed by atoms with Crippen molar-refractivity contribution >= 4 is 29.9 Å². The number of imidazole rings is 1. The molecule has 0 aliphatic rings. The van der Waals surface area contributed by atoms with Crippen molar-refractivity contribution in [3.63, 3.8) is 0 Å². The third-order valence-electron chi connectivity index (χ3n) is 3.15. The third kappa shape index (κ3) is 3.75. The molecule has 19 heavy (non-hydrogen) atoms. The fourth-order valence-electron chi connectivity index (χ4n) is 2.20. The Labute approximate surface area is 118 Å². The first-order chi connectivity index (χ1) is 9.22. The summed E-state index contributed by atoms with van der Waals surface area (Å²) in [6.45, 7) is 0.929. The fraction of sp³-hybridized carbons (Fsp3) is 0.462. The summed E-state index contributed by atoms with van der Waals surface area (Å²) in [5.41, 5.74) is 2.21. The van der Waals surface area contributed by atoms with Gasteiger partial charge in [0.05, 0.1) is 11.0 Å². The number of aryl methyl sites for hydroxylation is 1. The lowest BCUT2D eigenvalue weighted by atomic mass is 9.83. The smallest absolute Gasteiger partial charge is 0.427 e. The largest absolute Gasteiger partial charge is 0.451 e. The van der Waals surface area contributed by atoms with E-state index in [0.29, 0.717) is 6.32 Å². The van der Waals surface area contributed by atoms with Crippen molar-refractivity contribution < 1.29 is 10.0 Å². The third-order valence-corrected chi connectivity index (χ3v) is 3.82. The number of benzene rings is 1. The number of rotatable bonds is 7. The maximum atomic E-state index is 8.80. The second-order valence-electron chi connectivity index (χ2n) is 4.57. The first kappa shape index (κ1) is 14.4. The van der Waals surface area contributed by atoms with Gasteiger partial charge in [0.2, 0.25) is 0 Å². The molecule has 6 heteroatoms. The van der Waals surface area contributed by atoms with Gasteiger partial charge in [0, 0.05) is 6.54 Å². The van der Waals surface area contributed by atoms with Gasteiger partial charge < -0.3 is 14.6 Å². The second kappa shape index (κ2) is 6.98. The van der Waals surface area contributed by atoms with Crippen molar-refractivity contribution in [2.75, 3.05) is 6.26 Å². The van der Waals surface area contributed by atoms with Crippen LogP contribution in [0.4, 0.5) is 0 Å². The van der Waals surface area contributed by atoms with E-state index in [1.807, 2.05) is 24.5 Å². The van der Waals surface area contributed by atoms with Crippen molar-refractivity contribution in [2.45, 2.75) is 37.3 Å². The zero-order chi connectivity index (χ0) is 13.7. The van der Waals surface area contributed by atoms with Crippen LogP contribution in [0.2, 0.25) is 6.32 Å². The van der Waals surface area contributed by atoms with E-state index in [9.17, 15) is 0 Å². The Morgan fingerprint density at radius 1 is 1.21 bits per heavy atom. The van der Waals surface area contributed by atoms with Crippen molar-refractivity contribution in [3.05, 3.63) is 24.3 Å². The van der Waals surface area contributed by atoms with Crippen LogP contribution in [0.15, 0.2) is 29.4 Å². The zero-order valence-corrected chi connectivity index (χ0v) is 11.9. The van der Waals surface area contributed by atoms with Crippen molar-refractivity contribution in [1.29, 1.82) is 0 Å². The van der Waals surface area contributed by atoms with Gasteiger partial charge >= 0.3 is 7.12 Å². The molecule has 1 aromatic heterocycles. The van der Waals surface area contributed by atoms with Crippen LogP contribution in [0.3, 0.4) is 0 Å². The maximum Gasteiger partial charge on any atom is 0.451 e. The van der Waals surface area contributed by atoms with E-state index in [0.717, 1.165) is 36.5 Å². The van der Waals surface area contributed by atoms with E-state index in [1.165, 1.54) is 5.52 Å². The Morgan fingerprint density at radius 3 is 2.74 bits per heavy atom. The number of aromatic nitrogens is 2. The molecule has 0 aliphatic carbocycles. The molecule has 0 unspecified atom stereocenters. The Balaban J connectivity index is 1.99. The number of fused-ring (bicyclic) bond motifs is 1. The molecule has 0 radical (unpaired) electrons. The quantitative estimate of drug-likeness (QED) is 0.464. The minimum absolute atomic E-state index is 0.458. The molecule has 0 bridgehead atoms. The number of unbranched alkanes of at least 4 members (excludes halogenated alkanes) is 2. The first-order valence-corrected chi connectivity index (χ1v) is 7.80. The molecule has 2 rings (SSSR count). The number of hydrogen-bond acceptors (Lipinski definition) is 4. The molecule has 2 N–H and O–H groups in total. The van der Waals surface area contributed by atoms with Crippen LogP contribution in [0.5, 0.6) is 0 Å². The SMILES string of the molecule is CSc1nc2ccccc2n1CCCCCB(O)O. The summed E-state index contributed by atoms with van der Waals surface area (Å²) in [5, 5.41) is 18.6. The summed E-state index contributed by atoms with van der Waals surface area (Å²) in [5.74, 6) is 0. The highest BCUT2D eigenvalue weighted by Gasteiger charge is 2.09. The first-order valence-electron chi connectivity index (χ1n) is 6.58. The monoisotopic (exact) mass is 278 g/mol. The van der Waals surface area contributed by atoms with Crippen molar-refractivity contribution in [2.24, 2.45) is 0 Å². The molecule has 0 saturated heterocycles. The molecule has 1 aromatic carbocycles. The van der Waals surface area contributed by atoms with Gasteiger partial charge in [0.25, 0.3) is 0 Å². The van der Waals surface area contributed by atoms with Crippen LogP contribution in [0.1, 0.15) is 19.3 Å². The predicted octanol–water partition coefficient (Wildman–Crippen LogP) is 2.40. The summed E-state index contributed by atoms with van der Waals surface area (Å²) in [4.78, 5) is 4.60. The number of para-hydroxylation sites is 2. The van der Waals surface area contributed by atoms with Gasteiger partial charge in [-0.25, -0.2) is 4.98 Å². The summed E-state index contributed by atoms with van der Waals surface area (Å²) >= 11 is 1.66. The standard InChI is InChI=1S/C13H19BN2O2S/c1-19-13-15-11-7-3-4-8-12(11)16(13)10-6-2-5-9-14(17)18/h3-4,7-8,17-18H,2,5-6,9-10H2,1H3. The van der Waals surface area contributed by atoms with Gasteiger partial charge in [-0.3, -0.25) is 0 Å². The van der Waals surface area contributed by atoms with Crippen LogP contribution in [-0.2, 0) is 6.54 Å². The van der Waals surface area contributed by atoms with Crippen LogP contribution >= 0.6 is 11.8 Å². The van der Waals surface area contributed by atoms with Crippen molar-refractivity contribution in [3.8, 4) is 0 Å². The Kier molecular flexibility index (Phi) is 5.30. The lowest BCUT2D eigenvalue weighted by Crippen LogP contribution is -2.09. The molecule has 0 aliphatic heterocycles. The summed E-state index contributed by atoms with van der Waals surface area (Å²) in [7, 11) is -1.17. The van der Waals surface area contributed by atoms with Gasteiger partial charge in [-0.15, -0.1) is 0 Å². The molecular formula is C13H19BN2O2S. The number of nitrogens with zero attached hydrogens (tertiary/aromatic N) is 2. The highest BCUT2D eigenvalue weighted by Crippen LogP contribution is 2.23. The zero-order valence-electron chi connectivity index (χ0n) is 11.1. The normalized spacial score (nSPS) is 11.1. The van der Waals surface area contributed by atoms with E-state index in [1.54, 1.807) is 11.8 Å². The van der Waals surface area contributed by atoms with Crippen LogP contribution < -0.4 is 0 Å². The molecule has 0 amide bonds. The summed E-state index contributed by atoms with van der Waals surface area (Å²) < 4.78 is 2.25. The van der Waals surface area contributed by atoms with E-state index in [2.05, 4.69) is 15.6 Å². The van der Waals surface area contributed by atoms with Gasteiger partial charge in [-0.05, 0) is 31.1 Å². The topological polar surface area (TPSA) is 58.3 Å². The molecule has 2 aromatic rings. The number of hydrogen-bond donors (Lipinski definition) is 2. The van der Waals surface area contributed by atoms with E-state index < -0.39 is 7.12 Å². The number of thioether (sulfide) groups is 1. The fourth-order valence-corrected chi connectivity index (χ4v) is 2.80. The molecular weight excluding hydrogens is 259 g/mol. The average molecular weight is 278 g/mol. The van der Waals surface area contributed by atoms with Crippen LogP contribution in [-0.4, -0.2) is 33.0 Å². The highest BCUT2D eigenvalue weighted by atomic mass is 32.2. The lowest BCUT2D eigenvalue weighted by molar-refractivity contribution is 0.401. The molecule has 0 spiro atoms.